The number of hydrogen-bond acceptors (Lipinski definition) is 3. The molecule has 0 bridgehead atoms. The minimum absolute atomic E-state index is 0.240. The van der Waals surface area contributed by atoms with Crippen molar-refractivity contribution in [3.63, 3.8) is 0 Å². The third kappa shape index (κ3) is 3.53. The minimum Gasteiger partial charge on any atom is -0.340 e. The second-order valence-corrected chi connectivity index (χ2v) is 4.52. The first-order valence-corrected chi connectivity index (χ1v) is 6.17. The fourth-order valence-electron chi connectivity index (χ4n) is 2.10. The third-order valence-corrected chi connectivity index (χ3v) is 3.04. The quantitative estimate of drug-likeness (QED) is 0.841. The zero-order valence-corrected chi connectivity index (χ0v) is 10.2. The number of nitrogens with zero attached hydrogens (tertiary/aromatic N) is 2. The summed E-state index contributed by atoms with van der Waals surface area (Å²) in [6, 6.07) is 6.22. The molecule has 4 heteroatoms. The molecule has 92 valence electrons. The SMILES string of the molecule is C[C@H]1CN(C(=O)CCc2ccccn2)CCN1. The summed E-state index contributed by atoms with van der Waals surface area (Å²) in [6.45, 7) is 4.65. The number of amides is 1. The minimum atomic E-state index is 0.240. The van der Waals surface area contributed by atoms with Gasteiger partial charge in [-0.05, 0) is 25.5 Å². The number of piperazine rings is 1. The van der Waals surface area contributed by atoms with Crippen molar-refractivity contribution in [1.29, 1.82) is 0 Å². The number of aryl methyl sites for hydroxylation is 1. The predicted octanol–water partition coefficient (Wildman–Crippen LogP) is 0.834. The van der Waals surface area contributed by atoms with Crippen molar-refractivity contribution in [1.82, 2.24) is 15.2 Å². The first-order chi connectivity index (χ1) is 8.25. The molecule has 0 spiro atoms. The van der Waals surface area contributed by atoms with E-state index >= 15 is 0 Å². The number of carbonyl (C=O) groups is 1. The molecule has 4 nitrogen and oxygen atoms in total. The van der Waals surface area contributed by atoms with Crippen molar-refractivity contribution in [2.45, 2.75) is 25.8 Å². The van der Waals surface area contributed by atoms with E-state index in [1.807, 2.05) is 23.1 Å². The second kappa shape index (κ2) is 5.77. The summed E-state index contributed by atoms with van der Waals surface area (Å²) in [5.41, 5.74) is 0.990. The number of nitrogens with one attached hydrogen (secondary N) is 1. The van der Waals surface area contributed by atoms with Gasteiger partial charge in [0.1, 0.15) is 0 Å². The van der Waals surface area contributed by atoms with Crippen molar-refractivity contribution in [2.24, 2.45) is 0 Å². The Labute approximate surface area is 102 Å². The van der Waals surface area contributed by atoms with Crippen LogP contribution >= 0.6 is 0 Å². The van der Waals surface area contributed by atoms with Gasteiger partial charge in [-0.2, -0.15) is 0 Å². The van der Waals surface area contributed by atoms with Gasteiger partial charge in [-0.25, -0.2) is 0 Å². The van der Waals surface area contributed by atoms with E-state index in [9.17, 15) is 4.79 Å². The van der Waals surface area contributed by atoms with Crippen molar-refractivity contribution >= 4 is 5.91 Å². The number of carbonyl (C=O) groups excluding carboxylic acids is 1. The summed E-state index contributed by atoms with van der Waals surface area (Å²) in [6.07, 6.45) is 3.06. The molecule has 0 aliphatic carbocycles. The van der Waals surface area contributed by atoms with Gasteiger partial charge in [0.2, 0.25) is 5.91 Å². The Morgan fingerprint density at radius 1 is 1.59 bits per heavy atom. The van der Waals surface area contributed by atoms with Crippen molar-refractivity contribution in [2.75, 3.05) is 19.6 Å². The van der Waals surface area contributed by atoms with Crippen molar-refractivity contribution in [3.05, 3.63) is 30.1 Å². The van der Waals surface area contributed by atoms with E-state index in [0.29, 0.717) is 12.5 Å². The lowest BCUT2D eigenvalue weighted by molar-refractivity contribution is -0.132. The smallest absolute Gasteiger partial charge is 0.223 e. The number of aromatic nitrogens is 1. The van der Waals surface area contributed by atoms with Crippen LogP contribution in [0.15, 0.2) is 24.4 Å². The monoisotopic (exact) mass is 233 g/mol. The molecule has 1 N–H and O–H groups in total. The van der Waals surface area contributed by atoms with Gasteiger partial charge >= 0.3 is 0 Å². The Bertz CT molecular complexity index is 366. The molecule has 1 amide bonds. The summed E-state index contributed by atoms with van der Waals surface area (Å²) < 4.78 is 0. The first-order valence-electron chi connectivity index (χ1n) is 6.17. The van der Waals surface area contributed by atoms with Gasteiger partial charge in [0.15, 0.2) is 0 Å². The highest BCUT2D eigenvalue weighted by Gasteiger charge is 2.19. The van der Waals surface area contributed by atoms with Crippen LogP contribution in [-0.2, 0) is 11.2 Å². The fourth-order valence-corrected chi connectivity index (χ4v) is 2.10. The van der Waals surface area contributed by atoms with E-state index < -0.39 is 0 Å². The van der Waals surface area contributed by atoms with Gasteiger partial charge in [-0.15, -0.1) is 0 Å². The molecule has 17 heavy (non-hydrogen) atoms. The van der Waals surface area contributed by atoms with Crippen LogP contribution in [0.2, 0.25) is 0 Å². The zero-order valence-electron chi connectivity index (χ0n) is 10.2. The van der Waals surface area contributed by atoms with Crippen molar-refractivity contribution < 1.29 is 4.79 Å². The maximum absolute atomic E-state index is 12.0. The first kappa shape index (κ1) is 12.0. The Balaban J connectivity index is 1.81. The average molecular weight is 233 g/mol. The van der Waals surface area contributed by atoms with E-state index in [1.165, 1.54) is 0 Å². The zero-order chi connectivity index (χ0) is 12.1. The molecule has 1 fully saturated rings. The molecule has 2 rings (SSSR count). The number of pyridine rings is 1. The summed E-state index contributed by atoms with van der Waals surface area (Å²) in [5.74, 6) is 0.240. The van der Waals surface area contributed by atoms with Gasteiger partial charge in [0, 0.05) is 44.0 Å². The second-order valence-electron chi connectivity index (χ2n) is 4.52. The third-order valence-electron chi connectivity index (χ3n) is 3.04. The van der Waals surface area contributed by atoms with Crippen LogP contribution in [-0.4, -0.2) is 41.5 Å². The van der Waals surface area contributed by atoms with Crippen LogP contribution < -0.4 is 5.32 Å². The van der Waals surface area contributed by atoms with Crippen molar-refractivity contribution in [3.8, 4) is 0 Å². The van der Waals surface area contributed by atoms with Gasteiger partial charge in [-0.3, -0.25) is 9.78 Å². The Hall–Kier alpha value is -1.42. The predicted molar refractivity (Wildman–Crippen MR) is 66.6 cm³/mol. The van der Waals surface area contributed by atoms with Crippen LogP contribution in [0.1, 0.15) is 19.0 Å². The lowest BCUT2D eigenvalue weighted by Gasteiger charge is -2.32. The fraction of sp³-hybridized carbons (Fsp3) is 0.538. The van der Waals surface area contributed by atoms with E-state index in [-0.39, 0.29) is 5.91 Å². The maximum atomic E-state index is 12.0. The molecular formula is C13H19N3O. The summed E-state index contributed by atoms with van der Waals surface area (Å²) in [7, 11) is 0. The molecule has 1 aliphatic heterocycles. The highest BCUT2D eigenvalue weighted by molar-refractivity contribution is 5.76. The topological polar surface area (TPSA) is 45.2 Å². The summed E-state index contributed by atoms with van der Waals surface area (Å²) in [5, 5.41) is 3.33. The van der Waals surface area contributed by atoms with Crippen LogP contribution in [0.4, 0.5) is 0 Å². The molecule has 1 aliphatic rings. The molecule has 1 atom stereocenters. The number of hydrogen-bond donors (Lipinski definition) is 1. The van der Waals surface area contributed by atoms with Gasteiger partial charge in [0.05, 0.1) is 0 Å². The highest BCUT2D eigenvalue weighted by atomic mass is 16.2. The van der Waals surface area contributed by atoms with Gasteiger partial charge < -0.3 is 10.2 Å². The lowest BCUT2D eigenvalue weighted by Crippen LogP contribution is -2.51. The Morgan fingerprint density at radius 2 is 2.47 bits per heavy atom. The van der Waals surface area contributed by atoms with Crippen LogP contribution in [0.25, 0.3) is 0 Å². The molecule has 1 saturated heterocycles. The largest absolute Gasteiger partial charge is 0.340 e. The van der Waals surface area contributed by atoms with E-state index in [0.717, 1.165) is 31.7 Å². The lowest BCUT2D eigenvalue weighted by atomic mass is 10.1. The molecule has 1 aromatic rings. The van der Waals surface area contributed by atoms with E-state index in [4.69, 9.17) is 0 Å². The van der Waals surface area contributed by atoms with Gasteiger partial charge in [0.25, 0.3) is 0 Å². The number of rotatable bonds is 3. The van der Waals surface area contributed by atoms with E-state index in [1.54, 1.807) is 6.20 Å². The van der Waals surface area contributed by atoms with Crippen LogP contribution in [0.3, 0.4) is 0 Å². The van der Waals surface area contributed by atoms with Gasteiger partial charge in [-0.1, -0.05) is 6.07 Å². The van der Waals surface area contributed by atoms with Crippen LogP contribution in [0.5, 0.6) is 0 Å². The summed E-state index contributed by atoms with van der Waals surface area (Å²) >= 11 is 0. The molecule has 1 aromatic heterocycles. The molecule has 0 aromatic carbocycles. The molecule has 2 heterocycles. The molecule has 0 saturated carbocycles. The molecular weight excluding hydrogens is 214 g/mol. The molecule has 0 radical (unpaired) electrons. The van der Waals surface area contributed by atoms with Crippen LogP contribution in [0, 0.1) is 0 Å². The highest BCUT2D eigenvalue weighted by Crippen LogP contribution is 2.05. The summed E-state index contributed by atoms with van der Waals surface area (Å²) in [4.78, 5) is 18.2. The maximum Gasteiger partial charge on any atom is 0.223 e. The Kier molecular flexibility index (Phi) is 4.09. The average Bonchev–Trinajstić information content (AvgIpc) is 2.37. The Morgan fingerprint density at radius 3 is 3.18 bits per heavy atom. The van der Waals surface area contributed by atoms with E-state index in [2.05, 4.69) is 17.2 Å². The standard InChI is InChI=1S/C13H19N3O/c1-11-10-16(9-8-14-11)13(17)6-5-12-4-2-3-7-15-12/h2-4,7,11,14H,5-6,8-10H2,1H3/t11-/m0/s1. The normalized spacial score (nSPS) is 20.3. The molecule has 0 unspecified atom stereocenters.